The topological polar surface area (TPSA) is 29.1 Å². The summed E-state index contributed by atoms with van der Waals surface area (Å²) >= 11 is 0. The average molecular weight is 307 g/mol. The molecule has 116 valence electrons. The lowest BCUT2D eigenvalue weighted by molar-refractivity contribution is -0.120. The lowest BCUT2D eigenvalue weighted by Crippen LogP contribution is -2.27. The first-order chi connectivity index (χ1) is 11.2. The van der Waals surface area contributed by atoms with Gasteiger partial charge in [0.2, 0.25) is 5.91 Å². The van der Waals surface area contributed by atoms with E-state index in [-0.39, 0.29) is 18.1 Å². The van der Waals surface area contributed by atoms with E-state index in [1.165, 1.54) is 28.5 Å². The van der Waals surface area contributed by atoms with Gasteiger partial charge in [-0.05, 0) is 40.5 Å². The molecule has 0 aliphatic heterocycles. The van der Waals surface area contributed by atoms with E-state index in [1.807, 2.05) is 18.2 Å². The second kappa shape index (κ2) is 7.05. The van der Waals surface area contributed by atoms with E-state index in [4.69, 9.17) is 0 Å². The number of hydrogen-bond acceptors (Lipinski definition) is 1. The van der Waals surface area contributed by atoms with Crippen LogP contribution in [0, 0.1) is 5.82 Å². The number of hydrogen-bond donors (Lipinski definition) is 1. The summed E-state index contributed by atoms with van der Waals surface area (Å²) < 4.78 is 13.1. The van der Waals surface area contributed by atoms with Crippen molar-refractivity contribution >= 4 is 16.7 Å². The van der Waals surface area contributed by atoms with Crippen LogP contribution in [0.2, 0.25) is 0 Å². The molecule has 2 nitrogen and oxygen atoms in total. The standard InChI is InChI=1S/C20H18FNO/c21-18-9-3-5-15(13-18)14-20(23)22-12-11-17-8-4-7-16-6-1-2-10-19(16)17/h1-10,13H,11-12,14H2,(H,22,23). The monoisotopic (exact) mass is 307 g/mol. The molecule has 3 aromatic carbocycles. The van der Waals surface area contributed by atoms with Gasteiger partial charge in [0.05, 0.1) is 6.42 Å². The van der Waals surface area contributed by atoms with Crippen LogP contribution >= 0.6 is 0 Å². The highest BCUT2D eigenvalue weighted by atomic mass is 19.1. The molecule has 0 atom stereocenters. The normalized spacial score (nSPS) is 10.7. The maximum absolute atomic E-state index is 13.1. The molecule has 0 aliphatic carbocycles. The van der Waals surface area contributed by atoms with Crippen LogP contribution in [0.3, 0.4) is 0 Å². The predicted molar refractivity (Wildman–Crippen MR) is 90.8 cm³/mol. The average Bonchev–Trinajstić information content (AvgIpc) is 2.55. The lowest BCUT2D eigenvalue weighted by Gasteiger charge is -2.08. The zero-order chi connectivity index (χ0) is 16.1. The van der Waals surface area contributed by atoms with Crippen LogP contribution in [0.1, 0.15) is 11.1 Å². The van der Waals surface area contributed by atoms with E-state index in [0.717, 1.165) is 6.42 Å². The molecule has 3 rings (SSSR count). The number of halogens is 1. The fourth-order valence-corrected chi connectivity index (χ4v) is 2.74. The lowest BCUT2D eigenvalue weighted by atomic mass is 10.0. The molecule has 0 bridgehead atoms. The molecule has 0 aliphatic rings. The van der Waals surface area contributed by atoms with Crippen molar-refractivity contribution < 1.29 is 9.18 Å². The van der Waals surface area contributed by atoms with E-state index >= 15 is 0 Å². The third kappa shape index (κ3) is 3.95. The van der Waals surface area contributed by atoms with Crippen molar-refractivity contribution in [2.45, 2.75) is 12.8 Å². The van der Waals surface area contributed by atoms with Gasteiger partial charge in [0.1, 0.15) is 5.82 Å². The quantitative estimate of drug-likeness (QED) is 0.761. The first-order valence-electron chi connectivity index (χ1n) is 7.70. The van der Waals surface area contributed by atoms with Gasteiger partial charge in [0.15, 0.2) is 0 Å². The summed E-state index contributed by atoms with van der Waals surface area (Å²) in [5.74, 6) is -0.401. The van der Waals surface area contributed by atoms with Crippen LogP contribution in [0.4, 0.5) is 4.39 Å². The minimum atomic E-state index is -0.314. The molecular weight excluding hydrogens is 289 g/mol. The summed E-state index contributed by atoms with van der Waals surface area (Å²) in [6, 6.07) is 20.6. The highest BCUT2D eigenvalue weighted by Gasteiger charge is 2.05. The molecule has 0 fully saturated rings. The highest BCUT2D eigenvalue weighted by Crippen LogP contribution is 2.18. The summed E-state index contributed by atoms with van der Waals surface area (Å²) in [4.78, 5) is 11.9. The van der Waals surface area contributed by atoms with E-state index in [1.54, 1.807) is 12.1 Å². The second-order valence-electron chi connectivity index (χ2n) is 5.54. The number of amides is 1. The van der Waals surface area contributed by atoms with Gasteiger partial charge in [-0.3, -0.25) is 4.79 Å². The second-order valence-corrected chi connectivity index (χ2v) is 5.54. The number of carbonyl (C=O) groups excluding carboxylic acids is 1. The Morgan fingerprint density at radius 2 is 1.74 bits per heavy atom. The van der Waals surface area contributed by atoms with Gasteiger partial charge in [-0.2, -0.15) is 0 Å². The van der Waals surface area contributed by atoms with Gasteiger partial charge in [0.25, 0.3) is 0 Å². The van der Waals surface area contributed by atoms with Crippen molar-refractivity contribution in [3.63, 3.8) is 0 Å². The number of fused-ring (bicyclic) bond motifs is 1. The minimum absolute atomic E-state index is 0.0872. The maximum Gasteiger partial charge on any atom is 0.224 e. The van der Waals surface area contributed by atoms with E-state index in [9.17, 15) is 9.18 Å². The predicted octanol–water partition coefficient (Wildman–Crippen LogP) is 3.88. The molecule has 1 amide bonds. The van der Waals surface area contributed by atoms with Crippen LogP contribution < -0.4 is 5.32 Å². The van der Waals surface area contributed by atoms with Gasteiger partial charge in [-0.25, -0.2) is 4.39 Å². The molecule has 0 saturated carbocycles. The molecule has 0 aromatic heterocycles. The zero-order valence-electron chi connectivity index (χ0n) is 12.8. The van der Waals surface area contributed by atoms with E-state index in [0.29, 0.717) is 12.1 Å². The van der Waals surface area contributed by atoms with Crippen molar-refractivity contribution in [1.82, 2.24) is 5.32 Å². The Morgan fingerprint density at radius 1 is 0.957 bits per heavy atom. The molecule has 0 spiro atoms. The van der Waals surface area contributed by atoms with E-state index < -0.39 is 0 Å². The van der Waals surface area contributed by atoms with Crippen molar-refractivity contribution in [3.05, 3.63) is 83.7 Å². The Bertz CT molecular complexity index is 823. The van der Waals surface area contributed by atoms with Crippen molar-refractivity contribution in [1.29, 1.82) is 0 Å². The number of nitrogens with one attached hydrogen (secondary N) is 1. The zero-order valence-corrected chi connectivity index (χ0v) is 12.8. The molecule has 1 N–H and O–H groups in total. The third-order valence-corrected chi connectivity index (χ3v) is 3.85. The Balaban J connectivity index is 1.57. The maximum atomic E-state index is 13.1. The van der Waals surface area contributed by atoms with E-state index in [2.05, 4.69) is 29.6 Å². The first-order valence-corrected chi connectivity index (χ1v) is 7.70. The van der Waals surface area contributed by atoms with Crippen molar-refractivity contribution in [2.75, 3.05) is 6.54 Å². The Labute approximate surface area is 135 Å². The van der Waals surface area contributed by atoms with Crippen LogP contribution in [-0.2, 0) is 17.6 Å². The number of carbonyl (C=O) groups is 1. The Kier molecular flexibility index (Phi) is 4.67. The molecule has 0 saturated heterocycles. The number of benzene rings is 3. The molecule has 3 aromatic rings. The molecule has 0 unspecified atom stereocenters. The first kappa shape index (κ1) is 15.2. The molecule has 23 heavy (non-hydrogen) atoms. The fourth-order valence-electron chi connectivity index (χ4n) is 2.74. The van der Waals surface area contributed by atoms with Crippen LogP contribution in [-0.4, -0.2) is 12.5 Å². The van der Waals surface area contributed by atoms with Gasteiger partial charge in [-0.1, -0.05) is 54.6 Å². The third-order valence-electron chi connectivity index (χ3n) is 3.85. The largest absolute Gasteiger partial charge is 0.355 e. The molecule has 0 heterocycles. The summed E-state index contributed by atoms with van der Waals surface area (Å²) in [6.07, 6.45) is 0.976. The number of rotatable bonds is 5. The summed E-state index contributed by atoms with van der Waals surface area (Å²) in [7, 11) is 0. The Morgan fingerprint density at radius 3 is 2.61 bits per heavy atom. The fraction of sp³-hybridized carbons (Fsp3) is 0.150. The highest BCUT2D eigenvalue weighted by molar-refractivity contribution is 5.85. The summed E-state index contributed by atoms with van der Waals surface area (Å²) in [6.45, 7) is 0.572. The molecular formula is C20H18FNO. The summed E-state index contributed by atoms with van der Waals surface area (Å²) in [5.41, 5.74) is 1.90. The minimum Gasteiger partial charge on any atom is -0.355 e. The van der Waals surface area contributed by atoms with Gasteiger partial charge >= 0.3 is 0 Å². The Hall–Kier alpha value is -2.68. The molecule has 3 heteroatoms. The smallest absolute Gasteiger partial charge is 0.224 e. The van der Waals surface area contributed by atoms with Crippen molar-refractivity contribution in [3.8, 4) is 0 Å². The van der Waals surface area contributed by atoms with Gasteiger partial charge < -0.3 is 5.32 Å². The van der Waals surface area contributed by atoms with Crippen LogP contribution in [0.15, 0.2) is 66.7 Å². The van der Waals surface area contributed by atoms with Crippen LogP contribution in [0.25, 0.3) is 10.8 Å². The van der Waals surface area contributed by atoms with Crippen molar-refractivity contribution in [2.24, 2.45) is 0 Å². The summed E-state index contributed by atoms with van der Waals surface area (Å²) in [5, 5.41) is 5.32. The van der Waals surface area contributed by atoms with Crippen LogP contribution in [0.5, 0.6) is 0 Å². The van der Waals surface area contributed by atoms with Gasteiger partial charge in [0, 0.05) is 6.54 Å². The van der Waals surface area contributed by atoms with Gasteiger partial charge in [-0.15, -0.1) is 0 Å². The SMILES string of the molecule is O=C(Cc1cccc(F)c1)NCCc1cccc2ccccc12. The molecule has 0 radical (unpaired) electrons.